The summed E-state index contributed by atoms with van der Waals surface area (Å²) < 4.78 is 10.8. The van der Waals surface area contributed by atoms with E-state index < -0.39 is 5.97 Å². The third kappa shape index (κ3) is 5.01. The van der Waals surface area contributed by atoms with Crippen molar-refractivity contribution in [1.29, 1.82) is 5.26 Å². The average molecular weight is 307 g/mol. The molecule has 116 valence electrons. The fourth-order valence-corrected chi connectivity index (χ4v) is 1.83. The number of ether oxygens (including phenoxy) is 2. The van der Waals surface area contributed by atoms with E-state index in [1.54, 1.807) is 48.5 Å². The summed E-state index contributed by atoms with van der Waals surface area (Å²) in [5, 5.41) is 8.73. The van der Waals surface area contributed by atoms with Gasteiger partial charge in [0.1, 0.15) is 18.1 Å². The lowest BCUT2D eigenvalue weighted by Crippen LogP contribution is -2.08. The van der Waals surface area contributed by atoms with Gasteiger partial charge in [-0.3, -0.25) is 0 Å². The van der Waals surface area contributed by atoms with Crippen LogP contribution in [0.3, 0.4) is 0 Å². The van der Waals surface area contributed by atoms with Crippen molar-refractivity contribution in [2.75, 3.05) is 6.61 Å². The molecule has 4 nitrogen and oxygen atoms in total. The van der Waals surface area contributed by atoms with Crippen LogP contribution in [0.15, 0.2) is 60.7 Å². The molecular weight excluding hydrogens is 290 g/mol. The van der Waals surface area contributed by atoms with Gasteiger partial charge in [-0.15, -0.1) is 0 Å². The summed E-state index contributed by atoms with van der Waals surface area (Å²) in [5.41, 5.74) is 0.953. The maximum absolute atomic E-state index is 12.0. The highest BCUT2D eigenvalue weighted by atomic mass is 16.5. The van der Waals surface area contributed by atoms with Gasteiger partial charge in [0.25, 0.3) is 0 Å². The Hall–Kier alpha value is -3.06. The minimum Gasteiger partial charge on any atom is -0.490 e. The third-order valence-electron chi connectivity index (χ3n) is 3.03. The molecule has 0 aliphatic rings. The van der Waals surface area contributed by atoms with Crippen LogP contribution in [0.4, 0.5) is 0 Å². The van der Waals surface area contributed by atoms with Crippen LogP contribution in [0.25, 0.3) is 0 Å². The third-order valence-corrected chi connectivity index (χ3v) is 3.03. The smallest absolute Gasteiger partial charge is 0.343 e. The molecule has 23 heavy (non-hydrogen) atoms. The van der Waals surface area contributed by atoms with Crippen LogP contribution in [0.5, 0.6) is 11.5 Å². The monoisotopic (exact) mass is 307 g/mol. The molecule has 0 amide bonds. The van der Waals surface area contributed by atoms with E-state index >= 15 is 0 Å². The van der Waals surface area contributed by atoms with E-state index in [1.807, 2.05) is 18.2 Å². The summed E-state index contributed by atoms with van der Waals surface area (Å²) in [6, 6.07) is 15.2. The fourth-order valence-electron chi connectivity index (χ4n) is 1.83. The Balaban J connectivity index is 1.94. The summed E-state index contributed by atoms with van der Waals surface area (Å²) in [5.74, 6) is 0.645. The van der Waals surface area contributed by atoms with Crippen LogP contribution >= 0.6 is 0 Å². The second-order valence-electron chi connectivity index (χ2n) is 4.74. The number of benzene rings is 2. The maximum atomic E-state index is 12.0. The summed E-state index contributed by atoms with van der Waals surface area (Å²) in [6.45, 7) is 2.56. The number of carbonyl (C=O) groups is 1. The number of rotatable bonds is 6. The Labute approximate surface area is 135 Å². The van der Waals surface area contributed by atoms with Gasteiger partial charge in [-0.1, -0.05) is 19.1 Å². The maximum Gasteiger partial charge on any atom is 0.343 e. The van der Waals surface area contributed by atoms with Crippen molar-refractivity contribution >= 4 is 5.97 Å². The van der Waals surface area contributed by atoms with Crippen molar-refractivity contribution in [2.24, 2.45) is 0 Å². The lowest BCUT2D eigenvalue weighted by Gasteiger charge is -2.06. The molecular formula is C19H17NO3. The standard InChI is InChI=1S/C19H17NO3/c1-2-3-4-13-22-17-11-7-16(8-12-17)19(21)23-18-9-5-15(14-20)6-10-18/h3-12H,2,13H2,1H3/b4-3+. The van der Waals surface area contributed by atoms with Gasteiger partial charge in [0.15, 0.2) is 0 Å². The van der Waals surface area contributed by atoms with E-state index in [1.165, 1.54) is 0 Å². The Bertz CT molecular complexity index is 710. The molecule has 0 atom stereocenters. The van der Waals surface area contributed by atoms with Gasteiger partial charge < -0.3 is 9.47 Å². The number of hydrogen-bond donors (Lipinski definition) is 0. The lowest BCUT2D eigenvalue weighted by molar-refractivity contribution is 0.0734. The molecule has 0 saturated heterocycles. The number of esters is 1. The van der Waals surface area contributed by atoms with E-state index in [0.717, 1.165) is 6.42 Å². The lowest BCUT2D eigenvalue weighted by atomic mass is 10.2. The first-order valence-corrected chi connectivity index (χ1v) is 7.33. The topological polar surface area (TPSA) is 59.3 Å². The highest BCUT2D eigenvalue weighted by molar-refractivity contribution is 5.91. The minimum atomic E-state index is -0.452. The van der Waals surface area contributed by atoms with E-state index in [9.17, 15) is 4.79 Å². The van der Waals surface area contributed by atoms with E-state index in [-0.39, 0.29) is 0 Å². The van der Waals surface area contributed by atoms with Gasteiger partial charge in [0, 0.05) is 0 Å². The Morgan fingerprint density at radius 1 is 1.04 bits per heavy atom. The Morgan fingerprint density at radius 2 is 1.70 bits per heavy atom. The van der Waals surface area contributed by atoms with Crippen molar-refractivity contribution in [3.05, 3.63) is 71.8 Å². The first-order chi connectivity index (χ1) is 11.2. The molecule has 0 aliphatic heterocycles. The Morgan fingerprint density at radius 3 is 2.30 bits per heavy atom. The van der Waals surface area contributed by atoms with Crippen LogP contribution in [-0.4, -0.2) is 12.6 Å². The summed E-state index contributed by atoms with van der Waals surface area (Å²) >= 11 is 0. The number of hydrogen-bond acceptors (Lipinski definition) is 4. The summed E-state index contributed by atoms with van der Waals surface area (Å²) in [6.07, 6.45) is 4.96. The van der Waals surface area contributed by atoms with Crippen LogP contribution in [-0.2, 0) is 0 Å². The fraction of sp³-hybridized carbons (Fsp3) is 0.158. The van der Waals surface area contributed by atoms with E-state index in [4.69, 9.17) is 14.7 Å². The molecule has 0 bridgehead atoms. The summed E-state index contributed by atoms with van der Waals surface area (Å²) in [4.78, 5) is 12.0. The molecule has 0 aromatic heterocycles. The number of carbonyl (C=O) groups excluding carboxylic acids is 1. The molecule has 0 N–H and O–H groups in total. The summed E-state index contributed by atoms with van der Waals surface area (Å²) in [7, 11) is 0. The normalized spacial score (nSPS) is 10.3. The van der Waals surface area contributed by atoms with Gasteiger partial charge in [-0.2, -0.15) is 5.26 Å². The van der Waals surface area contributed by atoms with Gasteiger partial charge in [-0.05, 0) is 55.0 Å². The first-order valence-electron chi connectivity index (χ1n) is 7.33. The van der Waals surface area contributed by atoms with Gasteiger partial charge in [0.2, 0.25) is 0 Å². The molecule has 0 aliphatic carbocycles. The zero-order valence-corrected chi connectivity index (χ0v) is 12.9. The van der Waals surface area contributed by atoms with Crippen molar-refractivity contribution in [2.45, 2.75) is 13.3 Å². The number of nitriles is 1. The van der Waals surface area contributed by atoms with Crippen molar-refractivity contribution in [3.63, 3.8) is 0 Å². The van der Waals surface area contributed by atoms with E-state index in [2.05, 4.69) is 6.92 Å². The molecule has 0 unspecified atom stereocenters. The quantitative estimate of drug-likeness (QED) is 0.457. The predicted octanol–water partition coefficient (Wildman–Crippen LogP) is 4.12. The average Bonchev–Trinajstić information content (AvgIpc) is 2.60. The second kappa shape index (κ2) is 8.40. The number of allylic oxidation sites excluding steroid dienone is 1. The van der Waals surface area contributed by atoms with Crippen LogP contribution in [0.1, 0.15) is 29.3 Å². The molecule has 2 aromatic carbocycles. The molecule has 0 spiro atoms. The van der Waals surface area contributed by atoms with Crippen molar-refractivity contribution in [3.8, 4) is 17.6 Å². The highest BCUT2D eigenvalue weighted by Crippen LogP contribution is 2.16. The predicted molar refractivity (Wildman–Crippen MR) is 87.5 cm³/mol. The van der Waals surface area contributed by atoms with Crippen molar-refractivity contribution < 1.29 is 14.3 Å². The second-order valence-corrected chi connectivity index (χ2v) is 4.74. The molecule has 2 rings (SSSR count). The van der Waals surface area contributed by atoms with Crippen molar-refractivity contribution in [1.82, 2.24) is 0 Å². The molecule has 0 fully saturated rings. The van der Waals surface area contributed by atoms with Crippen LogP contribution in [0, 0.1) is 11.3 Å². The van der Waals surface area contributed by atoms with Crippen LogP contribution in [0.2, 0.25) is 0 Å². The largest absolute Gasteiger partial charge is 0.490 e. The zero-order valence-electron chi connectivity index (χ0n) is 12.9. The minimum absolute atomic E-state index is 0.402. The Kier molecular flexibility index (Phi) is 5.96. The number of nitrogens with zero attached hydrogens (tertiary/aromatic N) is 1. The SMILES string of the molecule is CC/C=C/COc1ccc(C(=O)Oc2ccc(C#N)cc2)cc1. The molecule has 0 saturated carbocycles. The molecule has 4 heteroatoms. The first kappa shape index (κ1) is 16.3. The molecule has 0 radical (unpaired) electrons. The van der Waals surface area contributed by atoms with E-state index in [0.29, 0.717) is 29.2 Å². The van der Waals surface area contributed by atoms with Gasteiger partial charge in [0.05, 0.1) is 17.2 Å². The molecule has 0 heterocycles. The highest BCUT2D eigenvalue weighted by Gasteiger charge is 2.08. The van der Waals surface area contributed by atoms with Gasteiger partial charge >= 0.3 is 5.97 Å². The molecule has 2 aromatic rings. The van der Waals surface area contributed by atoms with Gasteiger partial charge in [-0.25, -0.2) is 4.79 Å². The zero-order chi connectivity index (χ0) is 16.5. The van der Waals surface area contributed by atoms with Crippen LogP contribution < -0.4 is 9.47 Å².